The molecule has 0 aliphatic carbocycles. The Bertz CT molecular complexity index is 494. The van der Waals surface area contributed by atoms with Gasteiger partial charge in [0.2, 0.25) is 0 Å². The van der Waals surface area contributed by atoms with Gasteiger partial charge in [0.05, 0.1) is 5.97 Å². The van der Waals surface area contributed by atoms with Gasteiger partial charge < -0.3 is 14.6 Å². The monoisotopic (exact) mass is 250 g/mol. The molecule has 2 aromatic rings. The Balaban J connectivity index is 0.00000162. The molecule has 2 rings (SSSR count). The summed E-state index contributed by atoms with van der Waals surface area (Å²) in [6.07, 6.45) is 0. The first kappa shape index (κ1) is 14.8. The molecule has 86 valence electrons. The summed E-state index contributed by atoms with van der Waals surface area (Å²) in [6.45, 7) is 0.414. The molecule has 0 atom stereocenters. The second kappa shape index (κ2) is 7.21. The first-order valence-corrected chi connectivity index (χ1v) is 5.24. The normalized spacial score (nSPS) is 9.33. The summed E-state index contributed by atoms with van der Waals surface area (Å²) in [6, 6.07) is 15.9. The van der Waals surface area contributed by atoms with Gasteiger partial charge in [-0.1, -0.05) is 42.5 Å². The van der Waals surface area contributed by atoms with Crippen molar-refractivity contribution in [3.8, 4) is 5.75 Å². The molecule has 0 spiro atoms. The molecule has 18 heavy (non-hydrogen) atoms. The van der Waals surface area contributed by atoms with E-state index in [0.717, 1.165) is 11.3 Å². The number of carboxylic acid groups (broad SMARTS) is 1. The number of carboxylic acids is 1. The van der Waals surface area contributed by atoms with Crippen molar-refractivity contribution in [2.24, 2.45) is 0 Å². The zero-order chi connectivity index (χ0) is 12.1. The predicted molar refractivity (Wildman–Crippen MR) is 61.5 cm³/mol. The third kappa shape index (κ3) is 4.18. The van der Waals surface area contributed by atoms with Crippen LogP contribution < -0.4 is 39.4 Å². The predicted octanol–water partition coefficient (Wildman–Crippen LogP) is -1.37. The van der Waals surface area contributed by atoms with Crippen molar-refractivity contribution in [1.29, 1.82) is 0 Å². The van der Waals surface area contributed by atoms with Crippen LogP contribution in [-0.2, 0) is 6.61 Å². The summed E-state index contributed by atoms with van der Waals surface area (Å²) < 4.78 is 5.53. The molecule has 0 aliphatic rings. The van der Waals surface area contributed by atoms with E-state index in [1.54, 1.807) is 12.1 Å². The molecule has 0 heterocycles. The van der Waals surface area contributed by atoms with Crippen molar-refractivity contribution in [1.82, 2.24) is 0 Å². The van der Waals surface area contributed by atoms with Crippen LogP contribution in [0.5, 0.6) is 5.75 Å². The first-order valence-electron chi connectivity index (χ1n) is 5.24. The van der Waals surface area contributed by atoms with Gasteiger partial charge in [0.25, 0.3) is 0 Å². The van der Waals surface area contributed by atoms with E-state index in [2.05, 4.69) is 0 Å². The average Bonchev–Trinajstić information content (AvgIpc) is 2.38. The topological polar surface area (TPSA) is 49.4 Å². The van der Waals surface area contributed by atoms with Crippen LogP contribution in [0, 0.1) is 0 Å². The van der Waals surface area contributed by atoms with E-state index in [9.17, 15) is 9.90 Å². The van der Waals surface area contributed by atoms with Crippen LogP contribution in [0.15, 0.2) is 54.6 Å². The quantitative estimate of drug-likeness (QED) is 0.629. The minimum atomic E-state index is -1.17. The molecule has 0 amide bonds. The van der Waals surface area contributed by atoms with Gasteiger partial charge in [-0.2, -0.15) is 0 Å². The Hall–Kier alpha value is -1.29. The van der Waals surface area contributed by atoms with Crippen LogP contribution in [0.1, 0.15) is 15.9 Å². The van der Waals surface area contributed by atoms with Gasteiger partial charge in [-0.05, 0) is 23.3 Å². The zero-order valence-corrected chi connectivity index (χ0v) is 12.1. The summed E-state index contributed by atoms with van der Waals surface area (Å²) in [4.78, 5) is 10.5. The number of benzene rings is 2. The van der Waals surface area contributed by atoms with E-state index in [4.69, 9.17) is 4.74 Å². The Morgan fingerprint density at radius 3 is 2.17 bits per heavy atom. The number of ether oxygens (including phenoxy) is 1. The maximum Gasteiger partial charge on any atom is 1.00 e. The minimum absolute atomic E-state index is 0. The van der Waals surface area contributed by atoms with Crippen molar-refractivity contribution in [2.75, 3.05) is 0 Å². The molecule has 0 aromatic heterocycles. The molecule has 0 saturated carbocycles. The number of para-hydroxylation sites is 1. The molecular formula is C14H11NaO3. The van der Waals surface area contributed by atoms with E-state index >= 15 is 0 Å². The van der Waals surface area contributed by atoms with E-state index < -0.39 is 5.97 Å². The van der Waals surface area contributed by atoms with Gasteiger partial charge in [0.15, 0.2) is 0 Å². The molecule has 0 N–H and O–H groups in total. The maximum atomic E-state index is 10.5. The third-order valence-electron chi connectivity index (χ3n) is 2.34. The van der Waals surface area contributed by atoms with E-state index in [0.29, 0.717) is 6.61 Å². The van der Waals surface area contributed by atoms with Gasteiger partial charge in [0.1, 0.15) is 12.4 Å². The van der Waals surface area contributed by atoms with Crippen LogP contribution in [-0.4, -0.2) is 5.97 Å². The molecule has 0 unspecified atom stereocenters. The Labute approximate surface area is 128 Å². The van der Waals surface area contributed by atoms with E-state index in [1.165, 1.54) is 12.1 Å². The molecule has 0 bridgehead atoms. The van der Waals surface area contributed by atoms with Gasteiger partial charge >= 0.3 is 29.6 Å². The van der Waals surface area contributed by atoms with Crippen LogP contribution in [0.2, 0.25) is 0 Å². The minimum Gasteiger partial charge on any atom is -0.545 e. The second-order valence-corrected chi connectivity index (χ2v) is 3.59. The smallest absolute Gasteiger partial charge is 0.545 e. The fourth-order valence-electron chi connectivity index (χ4n) is 1.42. The second-order valence-electron chi connectivity index (χ2n) is 3.59. The number of carbonyl (C=O) groups excluding carboxylic acids is 1. The fraction of sp³-hybridized carbons (Fsp3) is 0.0714. The molecule has 0 aliphatic heterocycles. The standard InChI is InChI=1S/C14H12O3.Na/c15-14(16)12-8-6-11(7-9-12)10-17-13-4-2-1-3-5-13;/h1-9H,10H2,(H,15,16);/q;+1/p-1. The summed E-state index contributed by atoms with van der Waals surface area (Å²) in [5.74, 6) is -0.378. The number of hydrogen-bond acceptors (Lipinski definition) is 3. The number of carbonyl (C=O) groups is 1. The molecule has 0 fully saturated rings. The van der Waals surface area contributed by atoms with Gasteiger partial charge in [-0.3, -0.25) is 0 Å². The molecule has 3 nitrogen and oxygen atoms in total. The van der Waals surface area contributed by atoms with E-state index in [-0.39, 0.29) is 35.1 Å². The van der Waals surface area contributed by atoms with Crippen molar-refractivity contribution >= 4 is 5.97 Å². The SMILES string of the molecule is O=C([O-])c1ccc(COc2ccccc2)cc1.[Na+]. The summed E-state index contributed by atoms with van der Waals surface area (Å²) >= 11 is 0. The summed E-state index contributed by atoms with van der Waals surface area (Å²) in [7, 11) is 0. The third-order valence-corrected chi connectivity index (χ3v) is 2.34. The molecule has 2 aromatic carbocycles. The number of hydrogen-bond donors (Lipinski definition) is 0. The fourth-order valence-corrected chi connectivity index (χ4v) is 1.42. The van der Waals surface area contributed by atoms with E-state index in [1.807, 2.05) is 30.3 Å². The van der Waals surface area contributed by atoms with Crippen molar-refractivity contribution in [3.63, 3.8) is 0 Å². The largest absolute Gasteiger partial charge is 1.00 e. The van der Waals surface area contributed by atoms with Crippen molar-refractivity contribution in [2.45, 2.75) is 6.61 Å². The van der Waals surface area contributed by atoms with Crippen LogP contribution in [0.3, 0.4) is 0 Å². The Morgan fingerprint density at radius 1 is 1.00 bits per heavy atom. The Kier molecular flexibility index (Phi) is 5.92. The van der Waals surface area contributed by atoms with Gasteiger partial charge in [-0.25, -0.2) is 0 Å². The zero-order valence-electron chi connectivity index (χ0n) is 10.1. The number of aromatic carboxylic acids is 1. The first-order chi connectivity index (χ1) is 8.25. The Morgan fingerprint density at radius 2 is 1.61 bits per heavy atom. The van der Waals surface area contributed by atoms with Crippen molar-refractivity contribution in [3.05, 3.63) is 65.7 Å². The van der Waals surface area contributed by atoms with Crippen LogP contribution in [0.25, 0.3) is 0 Å². The average molecular weight is 250 g/mol. The molecular weight excluding hydrogens is 239 g/mol. The van der Waals surface area contributed by atoms with Gasteiger partial charge in [0, 0.05) is 0 Å². The summed E-state index contributed by atoms with van der Waals surface area (Å²) in [5.41, 5.74) is 1.09. The molecule has 0 saturated heterocycles. The summed E-state index contributed by atoms with van der Waals surface area (Å²) in [5, 5.41) is 10.5. The van der Waals surface area contributed by atoms with Crippen molar-refractivity contribution < 1.29 is 44.2 Å². The van der Waals surface area contributed by atoms with Crippen LogP contribution >= 0.6 is 0 Å². The molecule has 4 heteroatoms. The molecule has 0 radical (unpaired) electrons. The van der Waals surface area contributed by atoms with Crippen LogP contribution in [0.4, 0.5) is 0 Å². The number of rotatable bonds is 4. The van der Waals surface area contributed by atoms with Gasteiger partial charge in [-0.15, -0.1) is 0 Å². The maximum absolute atomic E-state index is 10.5.